The number of carbonyl (C=O) groups is 6. The number of likely N-dealkylation sites (tertiary alicyclic amines) is 1. The first-order chi connectivity index (χ1) is 18.8. The van der Waals surface area contributed by atoms with Crippen molar-refractivity contribution in [3.8, 4) is 0 Å². The van der Waals surface area contributed by atoms with Crippen LogP contribution in [0.15, 0.2) is 0 Å². The second kappa shape index (κ2) is 14.4. The van der Waals surface area contributed by atoms with E-state index in [0.29, 0.717) is 17.4 Å². The van der Waals surface area contributed by atoms with Gasteiger partial charge >= 0.3 is 5.97 Å². The first-order valence-corrected chi connectivity index (χ1v) is 15.9. The van der Waals surface area contributed by atoms with Gasteiger partial charge in [-0.15, -0.1) is 16.8 Å². The molecule has 216 valence electrons. The molecule has 0 aromatic rings. The summed E-state index contributed by atoms with van der Waals surface area (Å²) in [6, 6.07) is 0. The van der Waals surface area contributed by atoms with E-state index in [1.807, 2.05) is 0 Å². The van der Waals surface area contributed by atoms with Crippen molar-refractivity contribution in [2.45, 2.75) is 114 Å². The topological polar surface area (TPSA) is 118 Å². The van der Waals surface area contributed by atoms with E-state index in [1.165, 1.54) is 43.4 Å². The zero-order valence-corrected chi connectivity index (χ0v) is 23.7. The Kier molecular flexibility index (Phi) is 11.0. The van der Waals surface area contributed by atoms with Crippen molar-refractivity contribution < 1.29 is 33.6 Å². The first-order valence-electron chi connectivity index (χ1n) is 14.9. The van der Waals surface area contributed by atoms with Crippen molar-refractivity contribution in [3.05, 3.63) is 0 Å². The lowest BCUT2D eigenvalue weighted by molar-refractivity contribution is -0.195. The molecule has 2 saturated heterocycles. The molecule has 0 aromatic heterocycles. The molecule has 4 amide bonds. The van der Waals surface area contributed by atoms with Gasteiger partial charge in [-0.3, -0.25) is 28.9 Å². The quantitative estimate of drug-likeness (QED) is 0.401. The fourth-order valence-corrected chi connectivity index (χ4v) is 7.34. The predicted molar refractivity (Wildman–Crippen MR) is 145 cm³/mol. The zero-order chi connectivity index (χ0) is 27.8. The molecule has 2 heterocycles. The molecule has 1 atom stereocenters. The molecule has 4 rings (SSSR count). The molecule has 9 nitrogen and oxygen atoms in total. The van der Waals surface area contributed by atoms with E-state index in [2.05, 4.69) is 0 Å². The number of ketones is 1. The summed E-state index contributed by atoms with van der Waals surface area (Å²) in [7, 11) is 0. The highest BCUT2D eigenvalue weighted by atomic mass is 32.2. The lowest BCUT2D eigenvalue weighted by Crippen LogP contribution is -2.38. The number of amides is 4. The smallest absolute Gasteiger partial charge is 0.329 e. The molecule has 4 fully saturated rings. The molecule has 0 aromatic carbocycles. The maximum Gasteiger partial charge on any atom is 0.343 e. The summed E-state index contributed by atoms with van der Waals surface area (Å²) in [6.45, 7) is 0.361. The molecule has 2 aliphatic carbocycles. The second-order valence-corrected chi connectivity index (χ2v) is 12.8. The van der Waals surface area contributed by atoms with Gasteiger partial charge in [0.25, 0.3) is 11.8 Å². The summed E-state index contributed by atoms with van der Waals surface area (Å²) in [5.74, 6) is -1.76. The van der Waals surface area contributed by atoms with Crippen molar-refractivity contribution in [1.29, 1.82) is 0 Å². The van der Waals surface area contributed by atoms with E-state index in [4.69, 9.17) is 4.84 Å². The van der Waals surface area contributed by atoms with Crippen LogP contribution >= 0.6 is 11.8 Å². The van der Waals surface area contributed by atoms with Crippen LogP contribution in [0.2, 0.25) is 0 Å². The monoisotopic (exact) mass is 562 g/mol. The summed E-state index contributed by atoms with van der Waals surface area (Å²) >= 11 is 1.00. The Balaban J connectivity index is 1.20. The average molecular weight is 563 g/mol. The van der Waals surface area contributed by atoms with Crippen molar-refractivity contribution in [2.24, 2.45) is 17.8 Å². The van der Waals surface area contributed by atoms with Crippen molar-refractivity contribution in [3.63, 3.8) is 0 Å². The van der Waals surface area contributed by atoms with Gasteiger partial charge in [-0.2, -0.15) is 0 Å². The Labute approximate surface area is 235 Å². The van der Waals surface area contributed by atoms with Gasteiger partial charge in [-0.05, 0) is 44.4 Å². The van der Waals surface area contributed by atoms with Crippen LogP contribution in [0.25, 0.3) is 0 Å². The van der Waals surface area contributed by atoms with Gasteiger partial charge in [0, 0.05) is 37.6 Å². The molecule has 4 aliphatic rings. The van der Waals surface area contributed by atoms with Crippen LogP contribution in [0, 0.1) is 17.8 Å². The van der Waals surface area contributed by atoms with Gasteiger partial charge < -0.3 is 4.84 Å². The SMILES string of the molecule is O=C(CSC1CC(=O)N(CC2CCC(C(=O)C3CCCCCCCCCC3)CC2)C1=O)ON1C(=O)CCC1=O. The minimum Gasteiger partial charge on any atom is -0.329 e. The lowest BCUT2D eigenvalue weighted by Gasteiger charge is -2.32. The Hall–Kier alpha value is -2.23. The van der Waals surface area contributed by atoms with Gasteiger partial charge in [0.15, 0.2) is 0 Å². The van der Waals surface area contributed by atoms with E-state index in [1.54, 1.807) is 0 Å². The van der Waals surface area contributed by atoms with Crippen molar-refractivity contribution in [1.82, 2.24) is 9.96 Å². The molecule has 2 saturated carbocycles. The standard InChI is InChI=1S/C29H42N2O7S/c32-24-15-16-25(33)31(24)38-27(35)19-39-23-17-26(34)30(29(23)37)18-20-11-13-22(14-12-20)28(36)21-9-7-5-3-1-2-4-6-8-10-21/h20-23H,1-19H2. The third-order valence-corrected chi connectivity index (χ3v) is 9.92. The minimum absolute atomic E-state index is 0.0144. The maximum atomic E-state index is 13.4. The number of thioether (sulfide) groups is 1. The fourth-order valence-electron chi connectivity index (χ4n) is 6.42. The molecule has 0 spiro atoms. The first kappa shape index (κ1) is 29.7. The molecule has 0 radical (unpaired) electrons. The normalized spacial score (nSPS) is 28.1. The number of hydroxylamine groups is 2. The highest BCUT2D eigenvalue weighted by molar-refractivity contribution is 8.01. The molecular formula is C29H42N2O7S. The number of Topliss-reactive ketones (excluding diaryl/α,β-unsaturated/α-hetero) is 1. The van der Waals surface area contributed by atoms with Crippen LogP contribution in [0.4, 0.5) is 0 Å². The van der Waals surface area contributed by atoms with Gasteiger partial charge in [0.1, 0.15) is 5.78 Å². The van der Waals surface area contributed by atoms with Crippen LogP contribution in [0.5, 0.6) is 0 Å². The fraction of sp³-hybridized carbons (Fsp3) is 0.793. The van der Waals surface area contributed by atoms with Gasteiger partial charge in [-0.25, -0.2) is 4.79 Å². The van der Waals surface area contributed by atoms with Gasteiger partial charge in [-0.1, -0.05) is 51.4 Å². The lowest BCUT2D eigenvalue weighted by atomic mass is 9.75. The summed E-state index contributed by atoms with van der Waals surface area (Å²) in [4.78, 5) is 80.4. The molecule has 2 aliphatic heterocycles. The number of nitrogens with zero attached hydrogens (tertiary/aromatic N) is 2. The van der Waals surface area contributed by atoms with Crippen LogP contribution in [-0.4, -0.2) is 62.9 Å². The molecule has 1 unspecified atom stereocenters. The average Bonchev–Trinajstić information content (AvgIpc) is 3.36. The third-order valence-electron chi connectivity index (χ3n) is 8.75. The number of imide groups is 2. The molecule has 39 heavy (non-hydrogen) atoms. The van der Waals surface area contributed by atoms with Crippen molar-refractivity contribution >= 4 is 47.1 Å². The summed E-state index contributed by atoms with van der Waals surface area (Å²) in [5.41, 5.74) is 0. The van der Waals surface area contributed by atoms with Crippen LogP contribution in [-0.2, 0) is 33.6 Å². The minimum atomic E-state index is -0.795. The van der Waals surface area contributed by atoms with Gasteiger partial charge in [0.05, 0.1) is 11.0 Å². The summed E-state index contributed by atoms with van der Waals surface area (Å²) in [5, 5.41) is -0.191. The maximum absolute atomic E-state index is 13.4. The predicted octanol–water partition coefficient (Wildman–Crippen LogP) is 4.36. The van der Waals surface area contributed by atoms with E-state index < -0.39 is 23.0 Å². The van der Waals surface area contributed by atoms with Crippen molar-refractivity contribution in [2.75, 3.05) is 12.3 Å². The Bertz CT molecular complexity index is 918. The number of hydrogen-bond donors (Lipinski definition) is 0. The van der Waals surface area contributed by atoms with E-state index in [0.717, 1.165) is 63.1 Å². The second-order valence-electron chi connectivity index (χ2n) is 11.6. The largest absolute Gasteiger partial charge is 0.343 e. The van der Waals surface area contributed by atoms with Crippen LogP contribution in [0.3, 0.4) is 0 Å². The molecule has 10 heteroatoms. The number of hydrogen-bond acceptors (Lipinski definition) is 8. The number of rotatable bonds is 8. The summed E-state index contributed by atoms with van der Waals surface area (Å²) < 4.78 is 0. The van der Waals surface area contributed by atoms with Gasteiger partial charge in [0.2, 0.25) is 11.8 Å². The van der Waals surface area contributed by atoms with E-state index >= 15 is 0 Å². The Morgan fingerprint density at radius 1 is 0.718 bits per heavy atom. The molecule has 0 N–H and O–H groups in total. The highest BCUT2D eigenvalue weighted by Crippen LogP contribution is 2.35. The third kappa shape index (κ3) is 8.14. The van der Waals surface area contributed by atoms with Crippen LogP contribution < -0.4 is 0 Å². The summed E-state index contributed by atoms with van der Waals surface area (Å²) in [6.07, 6.45) is 15.4. The van der Waals surface area contributed by atoms with Crippen LogP contribution in [0.1, 0.15) is 109 Å². The molecule has 0 bridgehead atoms. The Morgan fingerprint density at radius 2 is 1.26 bits per heavy atom. The Morgan fingerprint density at radius 3 is 1.85 bits per heavy atom. The zero-order valence-electron chi connectivity index (χ0n) is 22.9. The van der Waals surface area contributed by atoms with E-state index in [9.17, 15) is 28.8 Å². The number of carbonyl (C=O) groups excluding carboxylic acids is 6. The van der Waals surface area contributed by atoms with E-state index in [-0.39, 0.29) is 54.6 Å². The highest BCUT2D eigenvalue weighted by Gasteiger charge is 2.41. The molecular weight excluding hydrogens is 520 g/mol.